The zero-order valence-corrected chi connectivity index (χ0v) is 7.83. The van der Waals surface area contributed by atoms with E-state index in [9.17, 15) is 0 Å². The van der Waals surface area contributed by atoms with Gasteiger partial charge in [0.15, 0.2) is 5.79 Å². The van der Waals surface area contributed by atoms with E-state index in [0.717, 1.165) is 0 Å². The summed E-state index contributed by atoms with van der Waals surface area (Å²) in [6.45, 7) is 4.36. The predicted octanol–water partition coefficient (Wildman–Crippen LogP) is -0.282. The molecule has 0 amide bonds. The molecule has 0 aromatic rings. The third-order valence-electron chi connectivity index (χ3n) is 2.05. The van der Waals surface area contributed by atoms with Crippen LogP contribution >= 0.6 is 0 Å². The van der Waals surface area contributed by atoms with Crippen LogP contribution in [0.2, 0.25) is 0 Å². The van der Waals surface area contributed by atoms with Crippen LogP contribution in [0.3, 0.4) is 0 Å². The summed E-state index contributed by atoms with van der Waals surface area (Å²) in [5, 5.41) is 11.9. The Kier molecular flexibility index (Phi) is 3.06. The highest BCUT2D eigenvalue weighted by Crippen LogP contribution is 2.23. The lowest BCUT2D eigenvalue weighted by Gasteiger charge is -2.21. The molecule has 1 rings (SSSR count). The molecule has 1 fully saturated rings. The van der Waals surface area contributed by atoms with Crippen LogP contribution in [0.15, 0.2) is 0 Å². The minimum atomic E-state index is -0.505. The number of aliphatic hydroxyl groups is 1. The molecule has 1 aliphatic heterocycles. The summed E-state index contributed by atoms with van der Waals surface area (Å²) in [7, 11) is 1.80. The average Bonchev–Trinajstić information content (AvgIpc) is 2.34. The molecule has 2 N–H and O–H groups in total. The van der Waals surface area contributed by atoms with E-state index in [1.54, 1.807) is 7.05 Å². The van der Waals surface area contributed by atoms with Gasteiger partial charge in [-0.15, -0.1) is 0 Å². The highest BCUT2D eigenvalue weighted by atomic mass is 16.7. The molecule has 0 spiro atoms. The topological polar surface area (TPSA) is 50.7 Å². The minimum Gasteiger partial charge on any atom is -0.395 e. The van der Waals surface area contributed by atoms with E-state index in [1.165, 1.54) is 0 Å². The summed E-state index contributed by atoms with van der Waals surface area (Å²) in [4.78, 5) is 0. The highest BCUT2D eigenvalue weighted by Gasteiger charge is 2.36. The van der Waals surface area contributed by atoms with Gasteiger partial charge in [-0.25, -0.2) is 0 Å². The Hall–Kier alpha value is -0.160. The molecule has 0 saturated carbocycles. The smallest absolute Gasteiger partial charge is 0.163 e. The molecule has 12 heavy (non-hydrogen) atoms. The van der Waals surface area contributed by atoms with Crippen molar-refractivity contribution in [3.63, 3.8) is 0 Å². The molecule has 2 unspecified atom stereocenters. The molecule has 2 atom stereocenters. The van der Waals surface area contributed by atoms with Crippen molar-refractivity contribution in [2.24, 2.45) is 0 Å². The summed E-state index contributed by atoms with van der Waals surface area (Å²) in [5.74, 6) is -0.505. The number of aliphatic hydroxyl groups excluding tert-OH is 1. The maximum Gasteiger partial charge on any atom is 0.163 e. The second-order valence-corrected chi connectivity index (χ2v) is 3.44. The Labute approximate surface area is 72.9 Å². The van der Waals surface area contributed by atoms with Gasteiger partial charge in [-0.3, -0.25) is 0 Å². The van der Waals surface area contributed by atoms with Gasteiger partial charge in [0.1, 0.15) is 6.10 Å². The first-order valence-corrected chi connectivity index (χ1v) is 4.19. The normalized spacial score (nSPS) is 30.5. The van der Waals surface area contributed by atoms with Crippen molar-refractivity contribution in [1.82, 2.24) is 5.32 Å². The van der Waals surface area contributed by atoms with Gasteiger partial charge in [0, 0.05) is 0 Å². The molecule has 0 radical (unpaired) electrons. The highest BCUT2D eigenvalue weighted by molar-refractivity contribution is 4.81. The van der Waals surface area contributed by atoms with Crippen molar-refractivity contribution >= 4 is 0 Å². The van der Waals surface area contributed by atoms with Crippen molar-refractivity contribution < 1.29 is 14.6 Å². The standard InChI is InChI=1S/C8H17NO3/c1-8(2)11-5-7(12-8)6(4-10)9-3/h6-7,9-10H,4-5H2,1-3H3. The van der Waals surface area contributed by atoms with Crippen LogP contribution in [0.5, 0.6) is 0 Å². The second-order valence-electron chi connectivity index (χ2n) is 3.44. The molecule has 1 saturated heterocycles. The van der Waals surface area contributed by atoms with Crippen LogP contribution in [0.1, 0.15) is 13.8 Å². The van der Waals surface area contributed by atoms with Crippen LogP contribution < -0.4 is 5.32 Å². The first-order chi connectivity index (χ1) is 5.59. The Morgan fingerprint density at radius 3 is 2.67 bits per heavy atom. The van der Waals surface area contributed by atoms with Crippen LogP contribution in [0, 0.1) is 0 Å². The van der Waals surface area contributed by atoms with Crippen molar-refractivity contribution in [1.29, 1.82) is 0 Å². The van der Waals surface area contributed by atoms with Gasteiger partial charge < -0.3 is 19.9 Å². The zero-order chi connectivity index (χ0) is 9.19. The van der Waals surface area contributed by atoms with Crippen LogP contribution in [0.4, 0.5) is 0 Å². The third-order valence-corrected chi connectivity index (χ3v) is 2.05. The number of ether oxygens (including phenoxy) is 2. The zero-order valence-electron chi connectivity index (χ0n) is 7.83. The summed E-state index contributed by atoms with van der Waals surface area (Å²) in [6, 6.07) is -0.0354. The molecule has 0 aromatic carbocycles. The Morgan fingerprint density at radius 1 is 1.67 bits per heavy atom. The van der Waals surface area contributed by atoms with Crippen LogP contribution in [0.25, 0.3) is 0 Å². The van der Waals surface area contributed by atoms with E-state index >= 15 is 0 Å². The fraction of sp³-hybridized carbons (Fsp3) is 1.00. The van der Waals surface area contributed by atoms with E-state index < -0.39 is 5.79 Å². The molecule has 1 heterocycles. The predicted molar refractivity (Wildman–Crippen MR) is 44.8 cm³/mol. The molecule has 0 aliphatic carbocycles. The van der Waals surface area contributed by atoms with E-state index in [1.807, 2.05) is 13.8 Å². The molecule has 1 aliphatic rings. The van der Waals surface area contributed by atoms with E-state index in [2.05, 4.69) is 5.32 Å². The number of likely N-dealkylation sites (N-methyl/N-ethyl adjacent to an activating group) is 1. The van der Waals surface area contributed by atoms with E-state index in [-0.39, 0.29) is 18.8 Å². The summed E-state index contributed by atoms with van der Waals surface area (Å²) in [5.41, 5.74) is 0. The fourth-order valence-electron chi connectivity index (χ4n) is 1.31. The molecule has 0 aromatic heterocycles. The molecular formula is C8H17NO3. The summed E-state index contributed by atoms with van der Waals surface area (Å²) >= 11 is 0. The molecule has 4 nitrogen and oxygen atoms in total. The van der Waals surface area contributed by atoms with Crippen LogP contribution in [-0.4, -0.2) is 43.3 Å². The molecule has 0 bridgehead atoms. The van der Waals surface area contributed by atoms with Crippen molar-refractivity contribution in [2.45, 2.75) is 31.8 Å². The first kappa shape index (κ1) is 9.92. The van der Waals surface area contributed by atoms with Gasteiger partial charge in [-0.05, 0) is 20.9 Å². The minimum absolute atomic E-state index is 0.0354. The second kappa shape index (κ2) is 3.70. The maximum absolute atomic E-state index is 8.96. The summed E-state index contributed by atoms with van der Waals surface area (Å²) in [6.07, 6.45) is -0.0463. The number of rotatable bonds is 3. The quantitative estimate of drug-likeness (QED) is 0.619. The van der Waals surface area contributed by atoms with Gasteiger partial charge in [0.05, 0.1) is 19.3 Å². The average molecular weight is 175 g/mol. The lowest BCUT2D eigenvalue weighted by Crippen LogP contribution is -2.42. The van der Waals surface area contributed by atoms with Crippen molar-refractivity contribution in [2.75, 3.05) is 20.3 Å². The maximum atomic E-state index is 8.96. The van der Waals surface area contributed by atoms with Crippen molar-refractivity contribution in [3.8, 4) is 0 Å². The largest absolute Gasteiger partial charge is 0.395 e. The van der Waals surface area contributed by atoms with Gasteiger partial charge >= 0.3 is 0 Å². The van der Waals surface area contributed by atoms with E-state index in [0.29, 0.717) is 6.61 Å². The van der Waals surface area contributed by atoms with E-state index in [4.69, 9.17) is 14.6 Å². The Bertz CT molecular complexity index is 145. The molecule has 4 heteroatoms. The van der Waals surface area contributed by atoms with Crippen LogP contribution in [-0.2, 0) is 9.47 Å². The molecular weight excluding hydrogens is 158 g/mol. The number of hydrogen-bond donors (Lipinski definition) is 2. The number of hydrogen-bond acceptors (Lipinski definition) is 4. The Morgan fingerprint density at radius 2 is 2.33 bits per heavy atom. The van der Waals surface area contributed by atoms with Gasteiger partial charge in [0.25, 0.3) is 0 Å². The lowest BCUT2D eigenvalue weighted by atomic mass is 10.2. The van der Waals surface area contributed by atoms with Crippen molar-refractivity contribution in [3.05, 3.63) is 0 Å². The first-order valence-electron chi connectivity index (χ1n) is 4.19. The summed E-state index contributed by atoms with van der Waals surface area (Å²) < 4.78 is 10.9. The van der Waals surface area contributed by atoms with Gasteiger partial charge in [-0.1, -0.05) is 0 Å². The fourth-order valence-corrected chi connectivity index (χ4v) is 1.31. The van der Waals surface area contributed by atoms with Gasteiger partial charge in [0.2, 0.25) is 0 Å². The SMILES string of the molecule is CNC(CO)C1COC(C)(C)O1. The monoisotopic (exact) mass is 175 g/mol. The lowest BCUT2D eigenvalue weighted by molar-refractivity contribution is -0.142. The number of nitrogens with one attached hydrogen (secondary N) is 1. The molecule has 72 valence electrons. The Balaban J connectivity index is 2.45. The third kappa shape index (κ3) is 2.17. The van der Waals surface area contributed by atoms with Gasteiger partial charge in [-0.2, -0.15) is 0 Å².